The third kappa shape index (κ3) is 3.06. The summed E-state index contributed by atoms with van der Waals surface area (Å²) in [6, 6.07) is 5.98. The average Bonchev–Trinajstić information content (AvgIpc) is 3.65. The van der Waals surface area contributed by atoms with Crippen LogP contribution in [0.3, 0.4) is 0 Å². The van der Waals surface area contributed by atoms with Gasteiger partial charge in [-0.15, -0.1) is 0 Å². The van der Waals surface area contributed by atoms with E-state index >= 15 is 0 Å². The molecule has 6 nitrogen and oxygen atoms in total. The van der Waals surface area contributed by atoms with Crippen molar-refractivity contribution in [2.45, 2.75) is 76.4 Å². The molecule has 0 unspecified atom stereocenters. The van der Waals surface area contributed by atoms with Gasteiger partial charge in [0.2, 0.25) is 0 Å². The minimum absolute atomic E-state index is 0.0405. The third-order valence-corrected chi connectivity index (χ3v) is 12.6. The number of aryl methyl sites for hydroxylation is 1. The molecule has 1 saturated heterocycles. The molecule has 9 atom stereocenters. The van der Waals surface area contributed by atoms with Gasteiger partial charge in [0.25, 0.3) is 0 Å². The van der Waals surface area contributed by atoms with Gasteiger partial charge in [0.05, 0.1) is 11.0 Å². The van der Waals surface area contributed by atoms with Crippen molar-refractivity contribution in [1.29, 1.82) is 0 Å². The van der Waals surface area contributed by atoms with Crippen molar-refractivity contribution < 1.29 is 23.9 Å². The van der Waals surface area contributed by atoms with Gasteiger partial charge in [-0.1, -0.05) is 80.2 Å². The van der Waals surface area contributed by atoms with Crippen LogP contribution >= 0.6 is 0 Å². The molecule has 0 aromatic heterocycles. The van der Waals surface area contributed by atoms with Gasteiger partial charge < -0.3 is 15.2 Å². The van der Waals surface area contributed by atoms with Gasteiger partial charge in [-0.3, -0.25) is 9.59 Å². The summed E-state index contributed by atoms with van der Waals surface area (Å²) >= 11 is 0. The summed E-state index contributed by atoms with van der Waals surface area (Å²) < 4.78 is 13.0. The fraction of sp³-hybridized carbons (Fsp3) is 0.541. The molecule has 2 heterocycles. The van der Waals surface area contributed by atoms with Crippen molar-refractivity contribution in [1.82, 2.24) is 0 Å². The van der Waals surface area contributed by atoms with E-state index in [-0.39, 0.29) is 35.0 Å². The molecule has 8 rings (SSSR count). The molecular formula is C37H41NO5. The number of hydrogen-bond donors (Lipinski definition) is 1. The molecule has 2 aliphatic heterocycles. The number of nitrogens with two attached hydrogens (primary N) is 1. The molecule has 2 N–H and O–H groups in total. The van der Waals surface area contributed by atoms with Gasteiger partial charge in [0.1, 0.15) is 5.41 Å². The fourth-order valence-corrected chi connectivity index (χ4v) is 11.0. The highest BCUT2D eigenvalue weighted by Gasteiger charge is 2.92. The Morgan fingerprint density at radius 1 is 1.07 bits per heavy atom. The molecule has 224 valence electrons. The Labute approximate surface area is 253 Å². The number of esters is 2. The van der Waals surface area contributed by atoms with Crippen LogP contribution in [-0.4, -0.2) is 30.4 Å². The first kappa shape index (κ1) is 27.3. The molecule has 6 heteroatoms. The molecule has 7 aliphatic rings. The summed E-state index contributed by atoms with van der Waals surface area (Å²) in [6.07, 6.45) is 23.5. The lowest BCUT2D eigenvalue weighted by molar-refractivity contribution is -0.292. The first-order valence-corrected chi connectivity index (χ1v) is 16.4. The van der Waals surface area contributed by atoms with Crippen LogP contribution in [0, 0.1) is 39.9 Å². The molecule has 1 aromatic carbocycles. The number of allylic oxidation sites excluding steroid dienone is 7. The van der Waals surface area contributed by atoms with Gasteiger partial charge in [-0.05, 0) is 75.3 Å². The summed E-state index contributed by atoms with van der Waals surface area (Å²) in [5, 5.41) is 0. The van der Waals surface area contributed by atoms with E-state index in [0.29, 0.717) is 49.6 Å². The van der Waals surface area contributed by atoms with Crippen molar-refractivity contribution in [3.05, 3.63) is 83.5 Å². The molecule has 0 radical (unpaired) electrons. The fourth-order valence-electron chi connectivity index (χ4n) is 11.0. The van der Waals surface area contributed by atoms with Crippen LogP contribution in [0.2, 0.25) is 0 Å². The number of benzene rings is 1. The van der Waals surface area contributed by atoms with Crippen molar-refractivity contribution in [2.24, 2.45) is 45.7 Å². The number of ether oxygens (including phenoxy) is 2. The van der Waals surface area contributed by atoms with Gasteiger partial charge >= 0.3 is 11.9 Å². The van der Waals surface area contributed by atoms with E-state index in [9.17, 15) is 14.4 Å². The number of carbonyl (C=O) groups excluding carboxylic acids is 3. The quantitative estimate of drug-likeness (QED) is 0.319. The van der Waals surface area contributed by atoms with Crippen LogP contribution in [-0.2, 0) is 31.1 Å². The van der Waals surface area contributed by atoms with Crippen LogP contribution in [0.25, 0.3) is 0 Å². The Morgan fingerprint density at radius 3 is 2.72 bits per heavy atom. The lowest BCUT2D eigenvalue weighted by atomic mass is 9.31. The average molecular weight is 580 g/mol. The van der Waals surface area contributed by atoms with E-state index in [1.807, 2.05) is 24.3 Å². The Balaban J connectivity index is 1.27. The first-order chi connectivity index (χ1) is 20.9. The highest BCUT2D eigenvalue weighted by Crippen LogP contribution is 2.83. The lowest BCUT2D eigenvalue weighted by Crippen LogP contribution is -2.78. The maximum absolute atomic E-state index is 14.9. The Hall–Kier alpha value is -3.25. The van der Waals surface area contributed by atoms with Crippen molar-refractivity contribution in [2.75, 3.05) is 6.54 Å². The van der Waals surface area contributed by atoms with E-state index in [1.54, 1.807) is 0 Å². The molecule has 0 bridgehead atoms. The predicted octanol–water partition coefficient (Wildman–Crippen LogP) is 5.91. The van der Waals surface area contributed by atoms with E-state index < -0.39 is 22.5 Å². The predicted molar refractivity (Wildman–Crippen MR) is 162 cm³/mol. The number of cyclic esters (lactones) is 1. The summed E-state index contributed by atoms with van der Waals surface area (Å²) in [4.78, 5) is 43.0. The summed E-state index contributed by atoms with van der Waals surface area (Å²) in [5.74, 6) is -0.538. The van der Waals surface area contributed by atoms with Crippen molar-refractivity contribution in [3.8, 4) is 0 Å². The zero-order chi connectivity index (χ0) is 29.6. The minimum atomic E-state index is -1.09. The Kier molecular flexibility index (Phi) is 5.95. The second-order valence-electron chi connectivity index (χ2n) is 14.0. The summed E-state index contributed by atoms with van der Waals surface area (Å²) in [6.45, 7) is 2.63. The van der Waals surface area contributed by atoms with E-state index in [1.165, 1.54) is 0 Å². The van der Waals surface area contributed by atoms with E-state index in [4.69, 9.17) is 15.2 Å². The van der Waals surface area contributed by atoms with Gasteiger partial charge in [-0.2, -0.15) is 0 Å². The standard InChI is InChI=1S/C37H41NO5/c1-2-9-28-35-19-5-6-20-36(35,37(28)27-13-7-10-23(11-8-21-38)29(27)32(40)43-37)31(42-33(35)41)30(39)24-14-15-26-17-16-25-12-3-4-18-34(25,26)22-24/h3-5,7,10,12-15,18-19,24-26,28,31H,2,6,8-9,11,16-17,20-22,38H2,1H3/t24-,25-,26+,28-,31+,34-,35+,36-,37+/m1/s1. The number of rotatable bonds is 7. The molecule has 43 heavy (non-hydrogen) atoms. The molecule has 1 aromatic rings. The highest BCUT2D eigenvalue weighted by molar-refractivity contribution is 6.02. The number of Topliss-reactive ketones (excluding diaryl/α,β-unsaturated/α-hetero) is 1. The zero-order valence-electron chi connectivity index (χ0n) is 24.9. The molecule has 5 aliphatic carbocycles. The summed E-state index contributed by atoms with van der Waals surface area (Å²) in [7, 11) is 0. The number of hydrogen-bond acceptors (Lipinski definition) is 6. The second kappa shape index (κ2) is 9.37. The van der Waals surface area contributed by atoms with Crippen molar-refractivity contribution in [3.63, 3.8) is 0 Å². The first-order valence-electron chi connectivity index (χ1n) is 16.4. The second-order valence-corrected chi connectivity index (χ2v) is 14.0. The maximum Gasteiger partial charge on any atom is 0.339 e. The van der Waals surface area contributed by atoms with Crippen LogP contribution in [0.1, 0.15) is 79.8 Å². The monoisotopic (exact) mass is 579 g/mol. The lowest BCUT2D eigenvalue weighted by Gasteiger charge is -2.69. The molecule has 2 spiro atoms. The largest absolute Gasteiger partial charge is 0.453 e. The van der Waals surface area contributed by atoms with E-state index in [0.717, 1.165) is 43.2 Å². The number of ketones is 1. The summed E-state index contributed by atoms with van der Waals surface area (Å²) in [5.41, 5.74) is 5.09. The number of carbonyl (C=O) groups is 3. The van der Waals surface area contributed by atoms with Crippen LogP contribution < -0.4 is 5.73 Å². The molecular weight excluding hydrogens is 538 g/mol. The molecule has 0 amide bonds. The highest BCUT2D eigenvalue weighted by atomic mass is 16.6. The normalized spacial score (nSPS) is 42.5. The van der Waals surface area contributed by atoms with Gasteiger partial charge in [0.15, 0.2) is 17.5 Å². The van der Waals surface area contributed by atoms with Crippen LogP contribution in [0.4, 0.5) is 0 Å². The smallest absolute Gasteiger partial charge is 0.339 e. The van der Waals surface area contributed by atoms with Gasteiger partial charge in [0, 0.05) is 22.8 Å². The Bertz CT molecular complexity index is 1540. The maximum atomic E-state index is 14.9. The minimum Gasteiger partial charge on any atom is -0.453 e. The van der Waals surface area contributed by atoms with Crippen molar-refractivity contribution >= 4 is 17.7 Å². The molecule has 3 fully saturated rings. The van der Waals surface area contributed by atoms with E-state index in [2.05, 4.69) is 49.5 Å². The SMILES string of the molecule is CCC[C@@H]1[C@]23C=CCC[C@]2([C@H](C(=O)[C@@H]2C=C[C@H]4CC[C@H]5C=CC=C[C@@]54C2)OC3=O)[C@@]12OC(=O)c1c(CCCN)cccc12. The van der Waals surface area contributed by atoms with Gasteiger partial charge in [-0.25, -0.2) is 4.79 Å². The zero-order valence-corrected chi connectivity index (χ0v) is 24.9. The topological polar surface area (TPSA) is 95.7 Å². The van der Waals surface area contributed by atoms with Crippen LogP contribution in [0.5, 0.6) is 0 Å². The third-order valence-electron chi connectivity index (χ3n) is 12.6. The van der Waals surface area contributed by atoms with Crippen LogP contribution in [0.15, 0.2) is 66.8 Å². The molecule has 2 saturated carbocycles. The number of fused-ring (bicyclic) bond motifs is 2. The Morgan fingerprint density at radius 2 is 1.91 bits per heavy atom.